The van der Waals surface area contributed by atoms with Crippen LogP contribution in [0, 0.1) is 6.92 Å². The van der Waals surface area contributed by atoms with Gasteiger partial charge in [0.1, 0.15) is 11.4 Å². The van der Waals surface area contributed by atoms with Gasteiger partial charge in [-0.3, -0.25) is 9.78 Å². The maximum Gasteiger partial charge on any atom is 0.270 e. The summed E-state index contributed by atoms with van der Waals surface area (Å²) in [4.78, 5) is 19.7. The summed E-state index contributed by atoms with van der Waals surface area (Å²) in [6, 6.07) is 10.00. The van der Waals surface area contributed by atoms with Crippen molar-refractivity contribution in [2.45, 2.75) is 56.9 Å². The second-order valence-corrected chi connectivity index (χ2v) is 10.2. The molecule has 0 bridgehead atoms. The number of amides is 1. The predicted molar refractivity (Wildman–Crippen MR) is 122 cm³/mol. The summed E-state index contributed by atoms with van der Waals surface area (Å²) in [7, 11) is 5.39. The molecule has 31 heavy (non-hydrogen) atoms. The molecule has 1 N–H and O–H groups in total. The molecule has 1 aliphatic heterocycles. The zero-order valence-corrected chi connectivity index (χ0v) is 19.7. The minimum absolute atomic E-state index is 0.0840. The average Bonchev–Trinajstić information content (AvgIpc) is 3.45. The van der Waals surface area contributed by atoms with Crippen molar-refractivity contribution in [1.82, 2.24) is 10.3 Å². The quantitative estimate of drug-likeness (QED) is 0.706. The van der Waals surface area contributed by atoms with Crippen molar-refractivity contribution >= 4 is 21.8 Å². The number of aromatic nitrogens is 1. The van der Waals surface area contributed by atoms with Gasteiger partial charge in [-0.05, 0) is 63.8 Å². The molecule has 2 atom stereocenters. The normalized spacial score (nSPS) is 24.5. The Kier molecular flexibility index (Phi) is 5.83. The van der Waals surface area contributed by atoms with Crippen LogP contribution in [0.5, 0.6) is 5.75 Å². The number of methoxy groups -OCH3 is 1. The van der Waals surface area contributed by atoms with Crippen molar-refractivity contribution in [3.05, 3.63) is 53.3 Å². The first kappa shape index (κ1) is 21.8. The lowest BCUT2D eigenvalue weighted by Crippen LogP contribution is -2.54. The average molecular weight is 437 g/mol. The Hall–Kier alpha value is -2.38. The number of aryl methyl sites for hydroxylation is 1. The van der Waals surface area contributed by atoms with Crippen LogP contribution in [-0.2, 0) is 11.2 Å². The molecule has 2 heterocycles. The van der Waals surface area contributed by atoms with E-state index in [-0.39, 0.29) is 17.6 Å². The smallest absolute Gasteiger partial charge is 0.270 e. The first-order valence-corrected chi connectivity index (χ1v) is 11.3. The molecule has 1 aliphatic carbocycles. The van der Waals surface area contributed by atoms with Gasteiger partial charge >= 0.3 is 0 Å². The van der Waals surface area contributed by atoms with E-state index in [0.29, 0.717) is 12.2 Å². The lowest BCUT2D eigenvalue weighted by Gasteiger charge is -2.43. The predicted octanol–water partition coefficient (Wildman–Crippen LogP) is 3.01. The molecule has 0 spiro atoms. The fourth-order valence-electron chi connectivity index (χ4n) is 4.41. The van der Waals surface area contributed by atoms with Gasteiger partial charge in [-0.1, -0.05) is 17.7 Å². The third-order valence-corrected chi connectivity index (χ3v) is 6.25. The molecule has 1 aromatic heterocycles. The number of nitrogens with zero attached hydrogens (tertiary/aromatic N) is 2. The Bertz CT molecular complexity index is 974. The summed E-state index contributed by atoms with van der Waals surface area (Å²) in [5.41, 5.74) is 3.50. The molecule has 2 aromatic rings. The summed E-state index contributed by atoms with van der Waals surface area (Å²) in [5, 5.41) is 2.83. The Morgan fingerprint density at radius 3 is 2.81 bits per heavy atom. The molecular weight excluding hydrogens is 406 g/mol. The van der Waals surface area contributed by atoms with Crippen LogP contribution < -0.4 is 15.0 Å². The van der Waals surface area contributed by atoms with E-state index >= 15 is 0 Å². The Balaban J connectivity index is 1.48. The number of pyridine rings is 1. The van der Waals surface area contributed by atoms with Gasteiger partial charge in [-0.15, -0.1) is 0 Å². The zero-order valence-electron chi connectivity index (χ0n) is 18.7. The van der Waals surface area contributed by atoms with E-state index in [1.807, 2.05) is 31.2 Å². The van der Waals surface area contributed by atoms with Crippen molar-refractivity contribution in [2.24, 2.45) is 0 Å². The minimum atomic E-state index is -0.422. The molecule has 1 aromatic carbocycles. The third-order valence-electron chi connectivity index (χ3n) is 5.97. The number of hydrogen-bond donors (Lipinski definition) is 1. The van der Waals surface area contributed by atoms with Gasteiger partial charge in [0.25, 0.3) is 5.91 Å². The van der Waals surface area contributed by atoms with Crippen molar-refractivity contribution < 1.29 is 14.3 Å². The van der Waals surface area contributed by atoms with Gasteiger partial charge in [-0.2, -0.15) is 0 Å². The molecule has 1 amide bonds. The first-order chi connectivity index (χ1) is 14.7. The summed E-state index contributed by atoms with van der Waals surface area (Å²) in [5.74, 6) is 0.735. The van der Waals surface area contributed by atoms with Crippen LogP contribution >= 0.6 is 0 Å². The van der Waals surface area contributed by atoms with E-state index in [2.05, 4.69) is 45.4 Å². The van der Waals surface area contributed by atoms with E-state index in [0.717, 1.165) is 42.8 Å². The minimum Gasteiger partial charge on any atom is -0.496 e. The molecule has 7 heteroatoms. The van der Waals surface area contributed by atoms with Gasteiger partial charge in [-0.25, -0.2) is 0 Å². The largest absolute Gasteiger partial charge is 0.496 e. The highest BCUT2D eigenvalue weighted by Gasteiger charge is 2.45. The van der Waals surface area contributed by atoms with Crippen LogP contribution in [0.25, 0.3) is 0 Å². The van der Waals surface area contributed by atoms with Crippen molar-refractivity contribution in [2.75, 3.05) is 25.1 Å². The zero-order chi connectivity index (χ0) is 22.2. The summed E-state index contributed by atoms with van der Waals surface area (Å²) < 4.78 is 11.5. The number of carbonyl (C=O) groups is 1. The van der Waals surface area contributed by atoms with Crippen LogP contribution in [-0.4, -0.2) is 58.2 Å². The molecule has 2 aliphatic rings. The molecule has 2 fully saturated rings. The van der Waals surface area contributed by atoms with Gasteiger partial charge in [0.05, 0.1) is 28.7 Å². The number of ether oxygens (including phenoxy) is 2. The standard InChI is InChI=1S/C24H30N3O3Si/c1-16-5-6-21(29-4)18(11-16)13-24(8-9-24)26-22(28)20-12-19(7-10-25-20)27-14-17(2)30-23(3,31)15-27/h5-7,10-12,17H,8-9,13-15H2,1-4H3,(H,26,28)/t17-,23+/m1/s1. The molecular formula is C24H30N3O3Si. The first-order valence-electron chi connectivity index (χ1n) is 10.8. The van der Waals surface area contributed by atoms with Crippen LogP contribution in [0.4, 0.5) is 5.69 Å². The van der Waals surface area contributed by atoms with E-state index in [9.17, 15) is 4.79 Å². The van der Waals surface area contributed by atoms with Crippen LogP contribution in [0.2, 0.25) is 0 Å². The molecule has 1 saturated heterocycles. The van der Waals surface area contributed by atoms with Crippen molar-refractivity contribution in [3.63, 3.8) is 0 Å². The second-order valence-electron chi connectivity index (χ2n) is 9.17. The Morgan fingerprint density at radius 2 is 2.13 bits per heavy atom. The topological polar surface area (TPSA) is 63.7 Å². The van der Waals surface area contributed by atoms with Crippen LogP contribution in [0.1, 0.15) is 48.3 Å². The number of nitrogens with one attached hydrogen (secondary N) is 1. The van der Waals surface area contributed by atoms with Gasteiger partial charge in [0, 0.05) is 30.5 Å². The third kappa shape index (κ3) is 5.10. The second kappa shape index (κ2) is 8.28. The van der Waals surface area contributed by atoms with E-state index in [4.69, 9.17) is 9.47 Å². The molecule has 163 valence electrons. The molecule has 3 radical (unpaired) electrons. The number of carbonyl (C=O) groups excluding carboxylic acids is 1. The van der Waals surface area contributed by atoms with Crippen molar-refractivity contribution in [1.29, 1.82) is 0 Å². The van der Waals surface area contributed by atoms with E-state index < -0.39 is 5.22 Å². The molecule has 1 saturated carbocycles. The lowest BCUT2D eigenvalue weighted by molar-refractivity contribution is -0.0339. The fourth-order valence-corrected chi connectivity index (χ4v) is 4.80. The fraction of sp³-hybridized carbons (Fsp3) is 0.500. The van der Waals surface area contributed by atoms with Crippen LogP contribution in [0.3, 0.4) is 0 Å². The summed E-state index contributed by atoms with van der Waals surface area (Å²) in [6.45, 7) is 7.59. The van der Waals surface area contributed by atoms with E-state index in [1.165, 1.54) is 5.56 Å². The summed E-state index contributed by atoms with van der Waals surface area (Å²) in [6.07, 6.45) is 4.46. The van der Waals surface area contributed by atoms with Crippen LogP contribution in [0.15, 0.2) is 36.5 Å². The molecule has 4 rings (SSSR count). The Morgan fingerprint density at radius 1 is 1.35 bits per heavy atom. The maximum atomic E-state index is 13.1. The highest BCUT2D eigenvalue weighted by Crippen LogP contribution is 2.41. The number of morpholine rings is 1. The summed E-state index contributed by atoms with van der Waals surface area (Å²) >= 11 is 0. The molecule has 0 unspecified atom stereocenters. The van der Waals surface area contributed by atoms with E-state index in [1.54, 1.807) is 13.3 Å². The monoisotopic (exact) mass is 436 g/mol. The highest BCUT2D eigenvalue weighted by atomic mass is 28.1. The number of hydrogen-bond acceptors (Lipinski definition) is 5. The maximum absolute atomic E-state index is 13.1. The Labute approximate surface area is 187 Å². The lowest BCUT2D eigenvalue weighted by atomic mass is 10.0. The number of rotatable bonds is 6. The highest BCUT2D eigenvalue weighted by molar-refractivity contribution is 6.14. The number of benzene rings is 1. The van der Waals surface area contributed by atoms with Gasteiger partial charge in [0.2, 0.25) is 0 Å². The van der Waals surface area contributed by atoms with Gasteiger partial charge < -0.3 is 19.7 Å². The SMILES string of the molecule is COc1ccc(C)cc1CC1(NC(=O)c2cc(N3C[C@@H](C)O[C@@](C)([Si])C3)ccn2)CC1. The number of anilines is 1. The van der Waals surface area contributed by atoms with Crippen molar-refractivity contribution in [3.8, 4) is 5.75 Å². The molecule has 6 nitrogen and oxygen atoms in total. The van der Waals surface area contributed by atoms with Gasteiger partial charge in [0.15, 0.2) is 0 Å².